The van der Waals surface area contributed by atoms with Gasteiger partial charge in [0.25, 0.3) is 11.8 Å². The van der Waals surface area contributed by atoms with Gasteiger partial charge in [-0.1, -0.05) is 63.5 Å². The largest absolute Gasteiger partial charge is 0.434 e. The molecule has 6 rings (SSSR count). The number of benzene rings is 1. The molecule has 2 aromatic rings. The van der Waals surface area contributed by atoms with Crippen molar-refractivity contribution in [1.82, 2.24) is 19.4 Å². The summed E-state index contributed by atoms with van der Waals surface area (Å²) >= 11 is 0. The van der Waals surface area contributed by atoms with Crippen molar-refractivity contribution in [3.63, 3.8) is 0 Å². The van der Waals surface area contributed by atoms with Crippen LogP contribution in [0.4, 0.5) is 13.2 Å². The number of alkyl halides is 3. The molecule has 1 unspecified atom stereocenters. The molecule has 7 nitrogen and oxygen atoms in total. The van der Waals surface area contributed by atoms with E-state index >= 15 is 0 Å². The molecule has 1 N–H and O–H groups in total. The first-order valence-corrected chi connectivity index (χ1v) is 16.1. The molecule has 1 atom stereocenters. The van der Waals surface area contributed by atoms with Crippen LogP contribution in [0.25, 0.3) is 0 Å². The first-order chi connectivity index (χ1) is 20.6. The number of aliphatic hydroxyl groups is 1. The number of halogens is 3. The fourth-order valence-corrected chi connectivity index (χ4v) is 7.56. The number of imidazole rings is 1. The SMILES string of the molecule is O=C(c1ccc(C2Cn3cc(C(F)(F)F)nc3C3(CCCCCCCCCC3)C2)cc1)N1CCN(C(=O)C2(O)CC2)CC1. The van der Waals surface area contributed by atoms with Gasteiger partial charge in [-0.2, -0.15) is 13.2 Å². The number of amides is 2. The molecule has 0 radical (unpaired) electrons. The molecule has 1 saturated heterocycles. The molecule has 3 heterocycles. The molecule has 0 bridgehead atoms. The number of piperazine rings is 1. The van der Waals surface area contributed by atoms with E-state index in [1.165, 1.54) is 31.9 Å². The number of hydrogen-bond donors (Lipinski definition) is 1. The van der Waals surface area contributed by atoms with Gasteiger partial charge >= 0.3 is 6.18 Å². The van der Waals surface area contributed by atoms with Crippen molar-refractivity contribution in [3.8, 4) is 0 Å². The first-order valence-electron chi connectivity index (χ1n) is 16.1. The van der Waals surface area contributed by atoms with Crippen LogP contribution in [0.15, 0.2) is 30.5 Å². The van der Waals surface area contributed by atoms with E-state index in [2.05, 4.69) is 4.98 Å². The van der Waals surface area contributed by atoms with Crippen LogP contribution in [0.3, 0.4) is 0 Å². The number of nitrogens with zero attached hydrogens (tertiary/aromatic N) is 4. The zero-order valence-electron chi connectivity index (χ0n) is 24.9. The summed E-state index contributed by atoms with van der Waals surface area (Å²) in [7, 11) is 0. The molecule has 43 heavy (non-hydrogen) atoms. The summed E-state index contributed by atoms with van der Waals surface area (Å²) in [5.41, 5.74) is -0.792. The van der Waals surface area contributed by atoms with Crippen molar-refractivity contribution in [2.24, 2.45) is 0 Å². The summed E-state index contributed by atoms with van der Waals surface area (Å²) in [6.45, 7) is 2.08. The van der Waals surface area contributed by atoms with E-state index in [0.717, 1.165) is 50.5 Å². The van der Waals surface area contributed by atoms with Gasteiger partial charge in [0.05, 0.1) is 0 Å². The molecule has 3 fully saturated rings. The Kier molecular flexibility index (Phi) is 8.35. The smallest absolute Gasteiger partial charge is 0.380 e. The first kappa shape index (κ1) is 30.2. The van der Waals surface area contributed by atoms with Crippen molar-refractivity contribution in [3.05, 3.63) is 53.1 Å². The molecule has 2 amide bonds. The van der Waals surface area contributed by atoms with E-state index in [9.17, 15) is 27.9 Å². The molecule has 234 valence electrons. The fourth-order valence-electron chi connectivity index (χ4n) is 7.56. The second-order valence-electron chi connectivity index (χ2n) is 13.3. The number of rotatable bonds is 3. The van der Waals surface area contributed by atoms with Crippen molar-refractivity contribution in [2.75, 3.05) is 26.2 Å². The quantitative estimate of drug-likeness (QED) is 0.465. The van der Waals surface area contributed by atoms with Crippen LogP contribution < -0.4 is 0 Å². The van der Waals surface area contributed by atoms with Gasteiger partial charge in [-0.15, -0.1) is 0 Å². The predicted molar refractivity (Wildman–Crippen MR) is 156 cm³/mol. The number of fused-ring (bicyclic) bond motifs is 2. The van der Waals surface area contributed by atoms with Crippen LogP contribution in [0, 0.1) is 0 Å². The van der Waals surface area contributed by atoms with E-state index in [1.54, 1.807) is 14.4 Å². The van der Waals surface area contributed by atoms with Crippen LogP contribution in [0.5, 0.6) is 0 Å². The van der Waals surface area contributed by atoms with Crippen molar-refractivity contribution < 1.29 is 27.9 Å². The minimum Gasteiger partial charge on any atom is -0.380 e. The Morgan fingerprint density at radius 2 is 1.37 bits per heavy atom. The molecule has 1 aromatic heterocycles. The van der Waals surface area contributed by atoms with E-state index in [-0.39, 0.29) is 17.7 Å². The Labute approximate surface area is 251 Å². The average Bonchev–Trinajstić information content (AvgIpc) is 3.60. The zero-order chi connectivity index (χ0) is 30.2. The molecule has 1 aromatic carbocycles. The molecule has 10 heteroatoms. The summed E-state index contributed by atoms with van der Waals surface area (Å²) in [4.78, 5) is 33.4. The molecule has 2 aliphatic carbocycles. The van der Waals surface area contributed by atoms with Crippen LogP contribution in [-0.2, 0) is 22.9 Å². The monoisotopic (exact) mass is 600 g/mol. The lowest BCUT2D eigenvalue weighted by atomic mass is 9.68. The fraction of sp³-hybridized carbons (Fsp3) is 0.667. The van der Waals surface area contributed by atoms with Crippen LogP contribution in [0.2, 0.25) is 0 Å². The number of aromatic nitrogens is 2. The average molecular weight is 601 g/mol. The van der Waals surface area contributed by atoms with E-state index < -0.39 is 22.9 Å². The molecular weight excluding hydrogens is 557 g/mol. The highest BCUT2D eigenvalue weighted by atomic mass is 19.4. The Balaban J connectivity index is 1.19. The Morgan fingerprint density at radius 3 is 1.93 bits per heavy atom. The second kappa shape index (κ2) is 11.9. The second-order valence-corrected chi connectivity index (χ2v) is 13.3. The van der Waals surface area contributed by atoms with Gasteiger partial charge in [-0.25, -0.2) is 4.98 Å². The maximum Gasteiger partial charge on any atom is 0.434 e. The zero-order valence-corrected chi connectivity index (χ0v) is 24.9. The molecule has 4 aliphatic rings. The predicted octanol–water partition coefficient (Wildman–Crippen LogP) is 6.05. The summed E-state index contributed by atoms with van der Waals surface area (Å²) < 4.78 is 43.2. The summed E-state index contributed by atoms with van der Waals surface area (Å²) in [5.74, 6) is 0.302. The van der Waals surface area contributed by atoms with E-state index in [4.69, 9.17) is 0 Å². The number of carbonyl (C=O) groups excluding carboxylic acids is 2. The highest BCUT2D eigenvalue weighted by Gasteiger charge is 2.50. The third-order valence-electron chi connectivity index (χ3n) is 10.3. The molecule has 2 aliphatic heterocycles. The molecule has 1 spiro atoms. The Hall–Kier alpha value is -2.88. The van der Waals surface area contributed by atoms with Crippen molar-refractivity contribution >= 4 is 11.8 Å². The van der Waals surface area contributed by atoms with Gasteiger partial charge in [-0.3, -0.25) is 9.59 Å². The summed E-state index contributed by atoms with van der Waals surface area (Å²) in [6.07, 6.45) is 9.17. The maximum absolute atomic E-state index is 13.8. The maximum atomic E-state index is 13.8. The standard InChI is InChI=1S/C33H43F3N4O3/c34-33(35,36)27-23-40-22-26(21-31(29(40)37-27)13-7-5-3-1-2-4-6-8-14-31)24-9-11-25(12-10-24)28(41)38-17-19-39(20-18-38)30(42)32(43)15-16-32/h9-12,23,26,43H,1-8,13-22H2. The van der Waals surface area contributed by atoms with Gasteiger partial charge in [0.2, 0.25) is 0 Å². The number of hydrogen-bond acceptors (Lipinski definition) is 4. The van der Waals surface area contributed by atoms with Crippen LogP contribution >= 0.6 is 0 Å². The molecule has 2 saturated carbocycles. The van der Waals surface area contributed by atoms with E-state index in [0.29, 0.717) is 57.0 Å². The highest BCUT2D eigenvalue weighted by molar-refractivity contribution is 5.94. The van der Waals surface area contributed by atoms with Crippen molar-refractivity contribution in [1.29, 1.82) is 0 Å². The normalized spacial score (nSPS) is 24.2. The van der Waals surface area contributed by atoms with Crippen LogP contribution in [0.1, 0.15) is 117 Å². The lowest BCUT2D eigenvalue weighted by Gasteiger charge is -2.42. The summed E-state index contributed by atoms with van der Waals surface area (Å²) in [6, 6.07) is 7.59. The third kappa shape index (κ3) is 6.35. The minimum absolute atomic E-state index is 0.0276. The molecular formula is C33H43F3N4O3. The Morgan fingerprint density at radius 1 is 0.814 bits per heavy atom. The minimum atomic E-state index is -4.48. The summed E-state index contributed by atoms with van der Waals surface area (Å²) in [5, 5.41) is 10.1. The lowest BCUT2D eigenvalue weighted by Crippen LogP contribution is -2.53. The number of carbonyl (C=O) groups is 2. The van der Waals surface area contributed by atoms with Gasteiger partial charge in [-0.05, 0) is 49.8 Å². The Bertz CT molecular complexity index is 1300. The third-order valence-corrected chi connectivity index (χ3v) is 10.3. The van der Waals surface area contributed by atoms with Gasteiger partial charge < -0.3 is 19.5 Å². The van der Waals surface area contributed by atoms with E-state index in [1.807, 2.05) is 24.3 Å². The van der Waals surface area contributed by atoms with Gasteiger partial charge in [0, 0.05) is 55.8 Å². The van der Waals surface area contributed by atoms with Gasteiger partial charge in [0.1, 0.15) is 11.4 Å². The van der Waals surface area contributed by atoms with Crippen molar-refractivity contribution in [2.45, 2.75) is 113 Å². The topological polar surface area (TPSA) is 78.7 Å². The lowest BCUT2D eigenvalue weighted by molar-refractivity contribution is -0.144. The van der Waals surface area contributed by atoms with Gasteiger partial charge in [0.15, 0.2) is 5.69 Å². The van der Waals surface area contributed by atoms with Crippen LogP contribution in [-0.4, -0.2) is 68.1 Å². The highest BCUT2D eigenvalue weighted by Crippen LogP contribution is 2.48.